The van der Waals surface area contributed by atoms with Crippen LogP contribution in [0.5, 0.6) is 0 Å². The van der Waals surface area contributed by atoms with Crippen LogP contribution in [0.3, 0.4) is 0 Å². The third-order valence-electron chi connectivity index (χ3n) is 2.16. The number of nitrogens with two attached hydrogens (primary N) is 1. The molecule has 2 N–H and O–H groups in total. The zero-order valence-corrected chi connectivity index (χ0v) is 9.75. The molecule has 0 fully saturated rings. The Labute approximate surface area is 92.1 Å². The predicted molar refractivity (Wildman–Crippen MR) is 61.9 cm³/mol. The van der Waals surface area contributed by atoms with Gasteiger partial charge in [-0.2, -0.15) is 4.98 Å². The lowest BCUT2D eigenvalue weighted by Gasteiger charge is -2.07. The van der Waals surface area contributed by atoms with E-state index < -0.39 is 0 Å². The topological polar surface area (TPSA) is 69.6 Å². The molecule has 0 aliphatic rings. The van der Waals surface area contributed by atoms with Crippen molar-refractivity contribution in [3.8, 4) is 0 Å². The van der Waals surface area contributed by atoms with Gasteiger partial charge in [-0.15, -0.1) is 11.8 Å². The molecule has 0 unspecified atom stereocenters. The minimum absolute atomic E-state index is 0.300. The molecule has 0 saturated heterocycles. The van der Waals surface area contributed by atoms with Crippen LogP contribution in [0.15, 0.2) is 11.4 Å². The van der Waals surface area contributed by atoms with E-state index in [1.165, 1.54) is 11.8 Å². The monoisotopic (exact) mass is 223 g/mol. The summed E-state index contributed by atoms with van der Waals surface area (Å²) < 4.78 is 1.99. The van der Waals surface area contributed by atoms with Crippen LogP contribution in [0.4, 0.5) is 5.95 Å². The number of hydrogen-bond acceptors (Lipinski definition) is 5. The number of nitrogens with zero attached hydrogens (tertiary/aromatic N) is 4. The van der Waals surface area contributed by atoms with Gasteiger partial charge in [0, 0.05) is 6.04 Å². The second-order valence-corrected chi connectivity index (χ2v) is 4.30. The zero-order chi connectivity index (χ0) is 11.0. The molecule has 6 heteroatoms. The Morgan fingerprint density at radius 3 is 2.73 bits per heavy atom. The minimum atomic E-state index is 0.300. The Kier molecular flexibility index (Phi) is 2.52. The molecule has 0 aliphatic carbocycles. The Balaban J connectivity index is 2.75. The molecule has 5 nitrogen and oxygen atoms in total. The molecule has 0 amide bonds. The van der Waals surface area contributed by atoms with Gasteiger partial charge in [-0.05, 0) is 20.1 Å². The highest BCUT2D eigenvalue weighted by Gasteiger charge is 2.12. The van der Waals surface area contributed by atoms with Crippen LogP contribution >= 0.6 is 11.8 Å². The second kappa shape index (κ2) is 3.69. The van der Waals surface area contributed by atoms with Gasteiger partial charge >= 0.3 is 0 Å². The molecule has 0 radical (unpaired) electrons. The van der Waals surface area contributed by atoms with E-state index in [1.54, 1.807) is 6.33 Å². The normalized spacial score (nSPS) is 11.5. The second-order valence-electron chi connectivity index (χ2n) is 3.51. The maximum Gasteiger partial charge on any atom is 0.223 e. The summed E-state index contributed by atoms with van der Waals surface area (Å²) in [5, 5.41) is 0.830. The molecule has 80 valence electrons. The van der Waals surface area contributed by atoms with Crippen molar-refractivity contribution in [2.24, 2.45) is 0 Å². The van der Waals surface area contributed by atoms with Crippen LogP contribution < -0.4 is 5.73 Å². The highest BCUT2D eigenvalue weighted by atomic mass is 32.2. The average Bonchev–Trinajstić information content (AvgIpc) is 2.59. The van der Waals surface area contributed by atoms with Crippen molar-refractivity contribution in [2.75, 3.05) is 12.0 Å². The number of thioether (sulfide) groups is 1. The minimum Gasteiger partial charge on any atom is -0.368 e. The zero-order valence-electron chi connectivity index (χ0n) is 8.93. The fourth-order valence-corrected chi connectivity index (χ4v) is 1.95. The lowest BCUT2D eigenvalue weighted by atomic mass is 10.4. The number of nitrogen functional groups attached to an aromatic ring is 1. The molecule has 2 rings (SSSR count). The van der Waals surface area contributed by atoms with E-state index in [9.17, 15) is 0 Å². The quantitative estimate of drug-likeness (QED) is 0.620. The largest absolute Gasteiger partial charge is 0.368 e. The number of hydrogen-bond donors (Lipinski definition) is 1. The first kappa shape index (κ1) is 10.2. The van der Waals surface area contributed by atoms with E-state index in [4.69, 9.17) is 5.73 Å². The van der Waals surface area contributed by atoms with Crippen molar-refractivity contribution >= 4 is 28.9 Å². The van der Waals surface area contributed by atoms with Gasteiger partial charge in [0.05, 0.1) is 6.33 Å². The van der Waals surface area contributed by atoms with Crippen LogP contribution in [0.1, 0.15) is 19.9 Å². The molecule has 0 bridgehead atoms. The van der Waals surface area contributed by atoms with Gasteiger partial charge in [0.2, 0.25) is 5.95 Å². The van der Waals surface area contributed by atoms with Gasteiger partial charge in [0.15, 0.2) is 5.65 Å². The maximum absolute atomic E-state index is 5.65. The summed E-state index contributed by atoms with van der Waals surface area (Å²) in [5.74, 6) is 0.300. The molecule has 0 saturated carbocycles. The number of anilines is 1. The Bertz CT molecular complexity index is 490. The van der Waals surface area contributed by atoms with Crippen molar-refractivity contribution < 1.29 is 0 Å². The Morgan fingerprint density at radius 2 is 2.13 bits per heavy atom. The molecule has 2 heterocycles. The van der Waals surface area contributed by atoms with E-state index in [1.807, 2.05) is 10.8 Å². The molecule has 0 aromatic carbocycles. The number of rotatable bonds is 2. The molecule has 15 heavy (non-hydrogen) atoms. The van der Waals surface area contributed by atoms with Crippen LogP contribution in [0.25, 0.3) is 11.2 Å². The first-order valence-electron chi connectivity index (χ1n) is 4.67. The van der Waals surface area contributed by atoms with E-state index in [-0.39, 0.29) is 0 Å². The summed E-state index contributed by atoms with van der Waals surface area (Å²) in [6, 6.07) is 0.319. The van der Waals surface area contributed by atoms with E-state index in [0.29, 0.717) is 12.0 Å². The van der Waals surface area contributed by atoms with Crippen molar-refractivity contribution in [1.29, 1.82) is 0 Å². The summed E-state index contributed by atoms with van der Waals surface area (Å²) in [7, 11) is 0. The summed E-state index contributed by atoms with van der Waals surface area (Å²) in [5.41, 5.74) is 7.28. The smallest absolute Gasteiger partial charge is 0.223 e. The third-order valence-corrected chi connectivity index (χ3v) is 2.83. The van der Waals surface area contributed by atoms with Crippen molar-refractivity contribution in [1.82, 2.24) is 19.5 Å². The number of imidazole rings is 1. The van der Waals surface area contributed by atoms with Gasteiger partial charge in [-0.3, -0.25) is 0 Å². The van der Waals surface area contributed by atoms with Crippen LogP contribution in [-0.2, 0) is 0 Å². The predicted octanol–water partition coefficient (Wildman–Crippen LogP) is 1.71. The molecule has 0 atom stereocenters. The van der Waals surface area contributed by atoms with Gasteiger partial charge in [-0.1, -0.05) is 0 Å². The SMILES string of the molecule is CSc1nc(N)nc2c1ncn2C(C)C. The van der Waals surface area contributed by atoms with Gasteiger partial charge in [0.25, 0.3) is 0 Å². The standard InChI is InChI=1S/C9H13N5S/c1-5(2)14-4-11-6-7(14)12-9(10)13-8(6)15-3/h4-5H,1-3H3,(H2,10,12,13). The molecule has 2 aromatic heterocycles. The molecular formula is C9H13N5S. The van der Waals surface area contributed by atoms with Crippen molar-refractivity contribution in [3.05, 3.63) is 6.33 Å². The summed E-state index contributed by atoms with van der Waals surface area (Å²) in [6.45, 7) is 4.16. The number of aromatic nitrogens is 4. The third kappa shape index (κ3) is 1.65. The molecular weight excluding hydrogens is 210 g/mol. The fourth-order valence-electron chi connectivity index (χ4n) is 1.43. The van der Waals surface area contributed by atoms with Crippen molar-refractivity contribution in [3.63, 3.8) is 0 Å². The average molecular weight is 223 g/mol. The van der Waals surface area contributed by atoms with Crippen LogP contribution in [0, 0.1) is 0 Å². The van der Waals surface area contributed by atoms with Crippen LogP contribution in [0.2, 0.25) is 0 Å². The summed E-state index contributed by atoms with van der Waals surface area (Å²) in [4.78, 5) is 12.7. The Morgan fingerprint density at radius 1 is 1.40 bits per heavy atom. The van der Waals surface area contributed by atoms with Gasteiger partial charge in [-0.25, -0.2) is 9.97 Å². The van der Waals surface area contributed by atoms with E-state index >= 15 is 0 Å². The first-order valence-corrected chi connectivity index (χ1v) is 5.90. The van der Waals surface area contributed by atoms with Gasteiger partial charge < -0.3 is 10.3 Å². The highest BCUT2D eigenvalue weighted by molar-refractivity contribution is 7.98. The molecule has 2 aromatic rings. The van der Waals surface area contributed by atoms with E-state index in [2.05, 4.69) is 28.8 Å². The maximum atomic E-state index is 5.65. The Hall–Kier alpha value is -1.30. The van der Waals surface area contributed by atoms with E-state index in [0.717, 1.165) is 16.2 Å². The summed E-state index contributed by atoms with van der Waals surface area (Å²) >= 11 is 1.53. The fraction of sp³-hybridized carbons (Fsp3) is 0.444. The summed E-state index contributed by atoms with van der Waals surface area (Å²) in [6.07, 6.45) is 3.73. The lowest BCUT2D eigenvalue weighted by Crippen LogP contribution is -2.03. The first-order chi connectivity index (χ1) is 7.13. The molecule has 0 aliphatic heterocycles. The van der Waals surface area contributed by atoms with Gasteiger partial charge in [0.1, 0.15) is 10.5 Å². The highest BCUT2D eigenvalue weighted by Crippen LogP contribution is 2.24. The lowest BCUT2D eigenvalue weighted by molar-refractivity contribution is 0.613. The molecule has 0 spiro atoms. The number of fused-ring (bicyclic) bond motifs is 1. The van der Waals surface area contributed by atoms with Crippen LogP contribution in [-0.4, -0.2) is 25.8 Å². The van der Waals surface area contributed by atoms with Crippen molar-refractivity contribution in [2.45, 2.75) is 24.9 Å².